The van der Waals surface area contributed by atoms with Crippen molar-refractivity contribution in [3.63, 3.8) is 0 Å². The van der Waals surface area contributed by atoms with Gasteiger partial charge < -0.3 is 9.64 Å². The molecule has 0 radical (unpaired) electrons. The summed E-state index contributed by atoms with van der Waals surface area (Å²) in [6.45, 7) is -0.334. The summed E-state index contributed by atoms with van der Waals surface area (Å²) < 4.78 is 64.0. The number of hydrogen-bond acceptors (Lipinski definition) is 5. The van der Waals surface area contributed by atoms with Gasteiger partial charge in [0.1, 0.15) is 15.7 Å². The Labute approximate surface area is 195 Å². The first-order valence-electron chi connectivity index (χ1n) is 10.5. The highest BCUT2D eigenvalue weighted by Crippen LogP contribution is 2.35. The lowest BCUT2D eigenvalue weighted by molar-refractivity contribution is -0.274. The lowest BCUT2D eigenvalue weighted by Gasteiger charge is -2.26. The second kappa shape index (κ2) is 9.47. The fourth-order valence-corrected chi connectivity index (χ4v) is 4.92. The lowest BCUT2D eigenvalue weighted by atomic mass is 10.0. The number of rotatable bonds is 7. The van der Waals surface area contributed by atoms with Crippen LogP contribution in [0.4, 0.5) is 24.5 Å². The Morgan fingerprint density at radius 1 is 0.941 bits per heavy atom. The molecule has 0 saturated carbocycles. The minimum atomic E-state index is -4.85. The van der Waals surface area contributed by atoms with Gasteiger partial charge >= 0.3 is 6.36 Å². The number of carbonyl (C=O) groups is 1. The number of ketones is 1. The number of fused-ring (bicyclic) bond motifs is 2. The molecule has 0 aromatic heterocycles. The van der Waals surface area contributed by atoms with Crippen LogP contribution >= 0.6 is 0 Å². The van der Waals surface area contributed by atoms with Crippen molar-refractivity contribution in [3.8, 4) is 5.75 Å². The Balaban J connectivity index is 1.47. The van der Waals surface area contributed by atoms with E-state index in [4.69, 9.17) is 4.78 Å². The topological polar surface area (TPSA) is 82.5 Å². The number of ether oxygens (including phenoxy) is 1. The van der Waals surface area contributed by atoms with E-state index in [1.807, 2.05) is 53.4 Å². The molecule has 1 aliphatic heterocycles. The summed E-state index contributed by atoms with van der Waals surface area (Å²) in [7, 11) is -3.61. The maximum absolute atomic E-state index is 12.9. The molecule has 0 spiro atoms. The third-order valence-electron chi connectivity index (χ3n) is 5.42. The number of halogens is 3. The molecule has 2 N–H and O–H groups in total. The molecule has 1 aliphatic rings. The number of Topliss-reactive ketones (excluding diaryl/α,β-unsaturated/α-hetero) is 1. The highest BCUT2D eigenvalue weighted by molar-refractivity contribution is 7.90. The first kappa shape index (κ1) is 23.8. The summed E-state index contributed by atoms with van der Waals surface area (Å²) in [5.41, 5.74) is 4.08. The molecular formula is C24H22F3N3O3S. The summed E-state index contributed by atoms with van der Waals surface area (Å²) in [5.74, 6) is -0.774. The Morgan fingerprint density at radius 3 is 2.00 bits per heavy atom. The van der Waals surface area contributed by atoms with Gasteiger partial charge in [0, 0.05) is 11.4 Å². The number of carbonyl (C=O) groups excluding carboxylic acids is 1. The highest BCUT2D eigenvalue weighted by Gasteiger charge is 2.31. The number of para-hydroxylation sites is 2. The molecular weight excluding hydrogens is 467 g/mol. The van der Waals surface area contributed by atoms with Crippen molar-refractivity contribution >= 4 is 27.1 Å². The van der Waals surface area contributed by atoms with Crippen molar-refractivity contribution in [1.29, 1.82) is 4.78 Å². The predicted molar refractivity (Wildman–Crippen MR) is 123 cm³/mol. The van der Waals surface area contributed by atoms with E-state index in [9.17, 15) is 22.2 Å². The highest BCUT2D eigenvalue weighted by atomic mass is 32.2. The maximum Gasteiger partial charge on any atom is 0.573 e. The van der Waals surface area contributed by atoms with E-state index >= 15 is 0 Å². The number of alkyl halides is 3. The Hall–Kier alpha value is -3.37. The SMILES string of the molecule is N=S(=O)(NCC(=O)CN1c2ccccc2CCc2ccccc21)c1ccc(OC(F)(F)F)cc1. The first-order chi connectivity index (χ1) is 16.1. The van der Waals surface area contributed by atoms with Crippen LogP contribution < -0.4 is 14.4 Å². The molecule has 0 fully saturated rings. The van der Waals surface area contributed by atoms with Crippen LogP contribution in [0.3, 0.4) is 0 Å². The van der Waals surface area contributed by atoms with E-state index in [-0.39, 0.29) is 23.8 Å². The lowest BCUT2D eigenvalue weighted by Crippen LogP contribution is -2.35. The predicted octanol–water partition coefficient (Wildman–Crippen LogP) is 5.00. The number of hydrogen-bond donors (Lipinski definition) is 2. The van der Waals surface area contributed by atoms with Crippen molar-refractivity contribution in [2.75, 3.05) is 18.0 Å². The van der Waals surface area contributed by atoms with Crippen LogP contribution in [0.2, 0.25) is 0 Å². The van der Waals surface area contributed by atoms with Crippen LogP contribution in [0, 0.1) is 4.78 Å². The van der Waals surface area contributed by atoms with Gasteiger partial charge in [0.25, 0.3) is 0 Å². The Morgan fingerprint density at radius 2 is 1.47 bits per heavy atom. The van der Waals surface area contributed by atoms with E-state index in [1.165, 1.54) is 0 Å². The Kier molecular flexibility index (Phi) is 6.63. The van der Waals surface area contributed by atoms with Gasteiger partial charge in [0.05, 0.1) is 18.0 Å². The second-order valence-electron chi connectivity index (χ2n) is 7.78. The summed E-state index contributed by atoms with van der Waals surface area (Å²) in [5, 5.41) is 0. The zero-order valence-electron chi connectivity index (χ0n) is 18.0. The molecule has 10 heteroatoms. The number of nitrogens with zero attached hydrogens (tertiary/aromatic N) is 1. The van der Waals surface area contributed by atoms with E-state index in [0.29, 0.717) is 0 Å². The molecule has 6 nitrogen and oxygen atoms in total. The van der Waals surface area contributed by atoms with Crippen LogP contribution in [0.25, 0.3) is 0 Å². The second-order valence-corrected chi connectivity index (χ2v) is 9.65. The summed E-state index contributed by atoms with van der Waals surface area (Å²) in [6, 6.07) is 19.9. The fraction of sp³-hybridized carbons (Fsp3) is 0.208. The largest absolute Gasteiger partial charge is 0.573 e. The molecule has 0 bridgehead atoms. The van der Waals surface area contributed by atoms with Gasteiger partial charge in [-0.2, -0.15) is 0 Å². The van der Waals surface area contributed by atoms with Crippen molar-refractivity contribution < 1.29 is 26.9 Å². The first-order valence-corrected chi connectivity index (χ1v) is 12.0. The van der Waals surface area contributed by atoms with Gasteiger partial charge in [-0.15, -0.1) is 13.2 Å². The van der Waals surface area contributed by atoms with Crippen LogP contribution in [0.1, 0.15) is 11.1 Å². The quantitative estimate of drug-likeness (QED) is 0.489. The Bertz CT molecular complexity index is 1250. The van der Waals surface area contributed by atoms with E-state index < -0.39 is 22.0 Å². The normalized spacial score (nSPS) is 15.0. The maximum atomic E-state index is 12.9. The number of aryl methyl sites for hydroxylation is 2. The van der Waals surface area contributed by atoms with Gasteiger partial charge in [-0.05, 0) is 60.4 Å². The number of benzene rings is 3. The fourth-order valence-electron chi connectivity index (χ4n) is 3.87. The summed E-state index contributed by atoms with van der Waals surface area (Å²) in [6.07, 6.45) is -3.17. The number of nitrogens with one attached hydrogen (secondary N) is 2. The molecule has 0 amide bonds. The monoisotopic (exact) mass is 489 g/mol. The average Bonchev–Trinajstić information content (AvgIpc) is 2.95. The van der Waals surface area contributed by atoms with Crippen LogP contribution in [-0.2, 0) is 27.6 Å². The smallest absolute Gasteiger partial charge is 0.406 e. The van der Waals surface area contributed by atoms with Crippen molar-refractivity contribution in [2.24, 2.45) is 0 Å². The zero-order valence-corrected chi connectivity index (χ0v) is 18.8. The van der Waals surface area contributed by atoms with Crippen LogP contribution in [0.5, 0.6) is 5.75 Å². The van der Waals surface area contributed by atoms with Gasteiger partial charge in [0.15, 0.2) is 5.78 Å². The van der Waals surface area contributed by atoms with Gasteiger partial charge in [-0.1, -0.05) is 36.4 Å². The molecule has 1 heterocycles. The van der Waals surface area contributed by atoms with Gasteiger partial charge in [0.2, 0.25) is 0 Å². The molecule has 0 saturated heterocycles. The average molecular weight is 490 g/mol. The van der Waals surface area contributed by atoms with Crippen LogP contribution in [0.15, 0.2) is 77.7 Å². The third kappa shape index (κ3) is 5.57. The molecule has 0 aliphatic carbocycles. The molecule has 4 rings (SSSR count). The van der Waals surface area contributed by atoms with Crippen molar-refractivity contribution in [3.05, 3.63) is 83.9 Å². The minimum Gasteiger partial charge on any atom is -0.406 e. The van der Waals surface area contributed by atoms with Gasteiger partial charge in [-0.25, -0.2) is 13.7 Å². The molecule has 1 unspecified atom stereocenters. The summed E-state index contributed by atoms with van der Waals surface area (Å²) >= 11 is 0. The zero-order chi connectivity index (χ0) is 24.3. The molecule has 178 valence electrons. The molecule has 34 heavy (non-hydrogen) atoms. The summed E-state index contributed by atoms with van der Waals surface area (Å²) in [4.78, 5) is 14.7. The molecule has 3 aromatic rings. The standard InChI is InChI=1S/C24H22F3N3O3S/c25-24(26,27)33-20-11-13-21(14-12-20)34(28,32)29-15-19(31)16-30-22-7-3-1-5-17(22)9-10-18-6-2-4-8-23(18)30/h1-8,11-14H,9-10,15-16H2,(H2,28,29,32). The van der Waals surface area contributed by atoms with Crippen molar-refractivity contribution in [1.82, 2.24) is 4.72 Å². The molecule has 3 aromatic carbocycles. The van der Waals surface area contributed by atoms with E-state index in [2.05, 4.69) is 9.46 Å². The van der Waals surface area contributed by atoms with E-state index in [0.717, 1.165) is 59.6 Å². The molecule has 1 atom stereocenters. The van der Waals surface area contributed by atoms with Crippen molar-refractivity contribution in [2.45, 2.75) is 24.1 Å². The minimum absolute atomic E-state index is 0.00884. The van der Waals surface area contributed by atoms with Gasteiger partial charge in [-0.3, -0.25) is 4.79 Å². The number of anilines is 2. The third-order valence-corrected chi connectivity index (χ3v) is 6.91. The van der Waals surface area contributed by atoms with Crippen LogP contribution in [-0.4, -0.2) is 29.4 Å². The van der Waals surface area contributed by atoms with E-state index in [1.54, 1.807) is 0 Å².